The minimum Gasteiger partial charge on any atom is -0.313 e. The molecule has 1 atom stereocenters. The summed E-state index contributed by atoms with van der Waals surface area (Å²) in [5.41, 5.74) is 2.30. The third kappa shape index (κ3) is 3.29. The van der Waals surface area contributed by atoms with Crippen LogP contribution in [0.15, 0.2) is 18.2 Å². The molecular weight excluding hydrogens is 198 g/mol. The molecule has 1 N–H and O–H groups in total. The number of nitrogens with zero attached hydrogens (tertiary/aromatic N) is 2. The van der Waals surface area contributed by atoms with E-state index < -0.39 is 0 Å². The van der Waals surface area contributed by atoms with Gasteiger partial charge in [0.2, 0.25) is 0 Å². The molecule has 2 rings (SSSR count). The van der Waals surface area contributed by atoms with Gasteiger partial charge in [0.25, 0.3) is 0 Å². The first kappa shape index (κ1) is 11.6. The van der Waals surface area contributed by atoms with Gasteiger partial charge in [-0.15, -0.1) is 0 Å². The van der Waals surface area contributed by atoms with Crippen molar-refractivity contribution in [1.29, 1.82) is 0 Å². The second-order valence-corrected chi connectivity index (χ2v) is 4.71. The molecule has 1 unspecified atom stereocenters. The molecule has 1 aromatic heterocycles. The van der Waals surface area contributed by atoms with E-state index in [0.29, 0.717) is 6.04 Å². The highest BCUT2D eigenvalue weighted by atomic mass is 15.2. The van der Waals surface area contributed by atoms with Crippen molar-refractivity contribution in [3.05, 3.63) is 29.6 Å². The predicted molar refractivity (Wildman–Crippen MR) is 66.3 cm³/mol. The number of nitrogens with one attached hydrogen (secondary N) is 1. The minimum atomic E-state index is 0.590. The van der Waals surface area contributed by atoms with Crippen LogP contribution in [0.4, 0.5) is 0 Å². The third-order valence-corrected chi connectivity index (χ3v) is 3.01. The first-order chi connectivity index (χ1) is 7.74. The molecule has 0 bridgehead atoms. The molecule has 0 aromatic carbocycles. The van der Waals surface area contributed by atoms with Gasteiger partial charge in [-0.2, -0.15) is 0 Å². The van der Waals surface area contributed by atoms with Crippen LogP contribution in [0.5, 0.6) is 0 Å². The van der Waals surface area contributed by atoms with Crippen LogP contribution in [0.2, 0.25) is 0 Å². The Bertz CT molecular complexity index is 338. The van der Waals surface area contributed by atoms with Gasteiger partial charge in [0, 0.05) is 24.8 Å². The maximum absolute atomic E-state index is 4.56. The molecule has 1 aliphatic heterocycles. The number of pyridine rings is 1. The molecule has 3 nitrogen and oxygen atoms in total. The van der Waals surface area contributed by atoms with Crippen LogP contribution >= 0.6 is 0 Å². The average Bonchev–Trinajstić information content (AvgIpc) is 2.43. The van der Waals surface area contributed by atoms with Gasteiger partial charge < -0.3 is 5.32 Å². The summed E-state index contributed by atoms with van der Waals surface area (Å²) in [4.78, 5) is 7.05. The normalized spacial score (nSPS) is 23.0. The highest BCUT2D eigenvalue weighted by Crippen LogP contribution is 2.07. The lowest BCUT2D eigenvalue weighted by Gasteiger charge is -2.21. The fraction of sp³-hybridized carbons (Fsp3) is 0.615. The van der Waals surface area contributed by atoms with Gasteiger partial charge in [0.1, 0.15) is 0 Å². The highest BCUT2D eigenvalue weighted by molar-refractivity contribution is 5.09. The van der Waals surface area contributed by atoms with Crippen LogP contribution in [0.25, 0.3) is 0 Å². The van der Waals surface area contributed by atoms with E-state index in [-0.39, 0.29) is 0 Å². The largest absolute Gasteiger partial charge is 0.313 e. The van der Waals surface area contributed by atoms with Crippen molar-refractivity contribution in [2.45, 2.75) is 32.9 Å². The Morgan fingerprint density at radius 2 is 2.38 bits per heavy atom. The van der Waals surface area contributed by atoms with Crippen molar-refractivity contribution in [3.63, 3.8) is 0 Å². The van der Waals surface area contributed by atoms with E-state index in [1.807, 2.05) is 0 Å². The molecule has 0 saturated carbocycles. The molecule has 1 aromatic rings. The van der Waals surface area contributed by atoms with E-state index in [1.54, 1.807) is 0 Å². The van der Waals surface area contributed by atoms with Crippen LogP contribution in [0.1, 0.15) is 24.7 Å². The van der Waals surface area contributed by atoms with Gasteiger partial charge in [-0.1, -0.05) is 6.07 Å². The first-order valence-electron chi connectivity index (χ1n) is 6.12. The summed E-state index contributed by atoms with van der Waals surface area (Å²) < 4.78 is 0. The third-order valence-electron chi connectivity index (χ3n) is 3.01. The van der Waals surface area contributed by atoms with E-state index in [0.717, 1.165) is 25.3 Å². The summed E-state index contributed by atoms with van der Waals surface area (Å²) in [6.07, 6.45) is 1.23. The zero-order valence-electron chi connectivity index (χ0n) is 10.2. The van der Waals surface area contributed by atoms with E-state index in [9.17, 15) is 0 Å². The Morgan fingerprint density at radius 1 is 1.50 bits per heavy atom. The summed E-state index contributed by atoms with van der Waals surface area (Å²) in [5.74, 6) is 0. The highest BCUT2D eigenvalue weighted by Gasteiger charge is 2.14. The summed E-state index contributed by atoms with van der Waals surface area (Å²) in [6, 6.07) is 6.86. The number of hydrogen-bond acceptors (Lipinski definition) is 3. The molecule has 88 valence electrons. The van der Waals surface area contributed by atoms with Crippen molar-refractivity contribution in [2.24, 2.45) is 0 Å². The maximum atomic E-state index is 4.56. The standard InChI is InChI=1S/C13H21N3/c1-11-5-3-6-13(15-11)10-16-8-4-7-14-12(2)9-16/h3,5-6,12,14H,4,7-10H2,1-2H3. The summed E-state index contributed by atoms with van der Waals surface area (Å²) in [6.45, 7) is 8.72. The molecule has 0 amide bonds. The summed E-state index contributed by atoms with van der Waals surface area (Å²) in [5, 5.41) is 3.51. The average molecular weight is 219 g/mol. The van der Waals surface area contributed by atoms with Crippen LogP contribution in [-0.4, -0.2) is 35.6 Å². The number of hydrogen-bond donors (Lipinski definition) is 1. The molecule has 2 heterocycles. The minimum absolute atomic E-state index is 0.590. The van der Waals surface area contributed by atoms with Crippen molar-refractivity contribution in [2.75, 3.05) is 19.6 Å². The van der Waals surface area contributed by atoms with Crippen molar-refractivity contribution < 1.29 is 0 Å². The molecule has 0 radical (unpaired) electrons. The lowest BCUT2D eigenvalue weighted by molar-refractivity contribution is 0.261. The van der Waals surface area contributed by atoms with Crippen LogP contribution in [0, 0.1) is 6.92 Å². The topological polar surface area (TPSA) is 28.2 Å². The molecule has 1 aliphatic rings. The van der Waals surface area contributed by atoms with Crippen LogP contribution in [0.3, 0.4) is 0 Å². The molecule has 0 spiro atoms. The van der Waals surface area contributed by atoms with E-state index in [2.05, 4.69) is 47.2 Å². The number of rotatable bonds is 2. The molecule has 3 heteroatoms. The Morgan fingerprint density at radius 3 is 3.19 bits per heavy atom. The monoisotopic (exact) mass is 219 g/mol. The maximum Gasteiger partial charge on any atom is 0.0547 e. The lowest BCUT2D eigenvalue weighted by Crippen LogP contribution is -2.35. The van der Waals surface area contributed by atoms with Gasteiger partial charge >= 0.3 is 0 Å². The Kier molecular flexibility index (Phi) is 3.91. The molecule has 16 heavy (non-hydrogen) atoms. The summed E-state index contributed by atoms with van der Waals surface area (Å²) in [7, 11) is 0. The predicted octanol–water partition coefficient (Wildman–Crippen LogP) is 1.57. The van der Waals surface area contributed by atoms with Crippen molar-refractivity contribution in [3.8, 4) is 0 Å². The Balaban J connectivity index is 1.97. The van der Waals surface area contributed by atoms with Crippen LogP contribution < -0.4 is 5.32 Å². The van der Waals surface area contributed by atoms with E-state index in [4.69, 9.17) is 0 Å². The Hall–Kier alpha value is -0.930. The second-order valence-electron chi connectivity index (χ2n) is 4.71. The van der Waals surface area contributed by atoms with Crippen molar-refractivity contribution >= 4 is 0 Å². The van der Waals surface area contributed by atoms with Crippen molar-refractivity contribution in [1.82, 2.24) is 15.2 Å². The quantitative estimate of drug-likeness (QED) is 0.818. The first-order valence-corrected chi connectivity index (χ1v) is 6.12. The number of aryl methyl sites for hydroxylation is 1. The van der Waals surface area contributed by atoms with E-state index in [1.165, 1.54) is 18.7 Å². The fourth-order valence-electron chi connectivity index (χ4n) is 2.25. The smallest absolute Gasteiger partial charge is 0.0547 e. The molecule has 1 saturated heterocycles. The van der Waals surface area contributed by atoms with Gasteiger partial charge in [-0.25, -0.2) is 0 Å². The number of aromatic nitrogens is 1. The van der Waals surface area contributed by atoms with Gasteiger partial charge in [-0.05, 0) is 45.5 Å². The SMILES string of the molecule is Cc1cccc(CN2CCCNC(C)C2)n1. The zero-order valence-corrected chi connectivity index (χ0v) is 10.2. The van der Waals surface area contributed by atoms with Crippen LogP contribution in [-0.2, 0) is 6.54 Å². The lowest BCUT2D eigenvalue weighted by atomic mass is 10.2. The van der Waals surface area contributed by atoms with E-state index >= 15 is 0 Å². The molecule has 0 aliphatic carbocycles. The fourth-order valence-corrected chi connectivity index (χ4v) is 2.25. The van der Waals surface area contributed by atoms with Gasteiger partial charge in [-0.3, -0.25) is 9.88 Å². The molecule has 1 fully saturated rings. The zero-order chi connectivity index (χ0) is 11.4. The summed E-state index contributed by atoms with van der Waals surface area (Å²) >= 11 is 0. The Labute approximate surface area is 97.9 Å². The molecular formula is C13H21N3. The van der Waals surface area contributed by atoms with Gasteiger partial charge in [0.15, 0.2) is 0 Å². The second kappa shape index (κ2) is 5.41. The van der Waals surface area contributed by atoms with Gasteiger partial charge in [0.05, 0.1) is 5.69 Å².